The van der Waals surface area contributed by atoms with Crippen LogP contribution in [0.15, 0.2) is 27.7 Å². The Labute approximate surface area is 164 Å². The Balaban J connectivity index is 1.42. The quantitative estimate of drug-likeness (QED) is 0.708. The maximum Gasteiger partial charge on any atom is 0.275 e. The van der Waals surface area contributed by atoms with E-state index in [1.165, 1.54) is 27.2 Å². The van der Waals surface area contributed by atoms with Crippen molar-refractivity contribution in [1.29, 1.82) is 0 Å². The number of aromatic nitrogens is 3. The molecule has 0 unspecified atom stereocenters. The Morgan fingerprint density at radius 1 is 1.37 bits per heavy atom. The minimum absolute atomic E-state index is 0.00565. The van der Waals surface area contributed by atoms with Crippen LogP contribution in [-0.2, 0) is 6.42 Å². The average Bonchev–Trinajstić information content (AvgIpc) is 3.33. The first-order valence-corrected chi connectivity index (χ1v) is 10.9. The van der Waals surface area contributed by atoms with Gasteiger partial charge >= 0.3 is 0 Å². The van der Waals surface area contributed by atoms with Crippen LogP contribution in [-0.4, -0.2) is 39.6 Å². The second kappa shape index (κ2) is 7.77. The van der Waals surface area contributed by atoms with E-state index in [9.17, 15) is 9.59 Å². The molecule has 0 aliphatic carbocycles. The molecular weight excluding hydrogens is 382 g/mol. The van der Waals surface area contributed by atoms with E-state index in [0.717, 1.165) is 55.2 Å². The molecule has 4 rings (SSSR count). The van der Waals surface area contributed by atoms with Crippen LogP contribution in [0.2, 0.25) is 0 Å². The first-order valence-electron chi connectivity index (χ1n) is 9.12. The molecule has 1 amide bonds. The summed E-state index contributed by atoms with van der Waals surface area (Å²) in [7, 11) is 0. The molecular formula is C18H21N5O2S2. The normalized spacial score (nSPS) is 15.4. The van der Waals surface area contributed by atoms with E-state index < -0.39 is 0 Å². The highest BCUT2D eigenvalue weighted by Gasteiger charge is 2.24. The third-order valence-electron chi connectivity index (χ3n) is 4.68. The number of hydrogen-bond acceptors (Lipinski definition) is 7. The molecule has 1 fully saturated rings. The Kier molecular flexibility index (Phi) is 5.22. The van der Waals surface area contributed by atoms with Gasteiger partial charge in [0.25, 0.3) is 11.5 Å². The van der Waals surface area contributed by atoms with Crippen molar-refractivity contribution in [3.63, 3.8) is 0 Å². The SMILES string of the molecule is CCCc1cc(=O)n2nc(N3CCC(NC(=O)c4ccsc4)CC3)sc2n1. The number of carbonyl (C=O) groups is 1. The largest absolute Gasteiger partial charge is 0.349 e. The van der Waals surface area contributed by atoms with Gasteiger partial charge in [-0.15, -0.1) is 5.10 Å². The fourth-order valence-electron chi connectivity index (χ4n) is 3.24. The summed E-state index contributed by atoms with van der Waals surface area (Å²) in [6.07, 6.45) is 3.47. The van der Waals surface area contributed by atoms with Crippen molar-refractivity contribution < 1.29 is 4.79 Å². The number of amides is 1. The van der Waals surface area contributed by atoms with Gasteiger partial charge in [0.1, 0.15) is 0 Å². The maximum absolute atomic E-state index is 12.3. The second-order valence-electron chi connectivity index (χ2n) is 6.66. The topological polar surface area (TPSA) is 79.6 Å². The van der Waals surface area contributed by atoms with Crippen LogP contribution < -0.4 is 15.8 Å². The number of nitrogens with zero attached hydrogens (tertiary/aromatic N) is 4. The lowest BCUT2D eigenvalue weighted by molar-refractivity contribution is 0.0931. The van der Waals surface area contributed by atoms with Gasteiger partial charge < -0.3 is 10.2 Å². The molecule has 0 radical (unpaired) electrons. The highest BCUT2D eigenvalue weighted by Crippen LogP contribution is 2.25. The summed E-state index contributed by atoms with van der Waals surface area (Å²) in [5.74, 6) is -0.00565. The van der Waals surface area contributed by atoms with Gasteiger partial charge in [-0.3, -0.25) is 9.59 Å². The zero-order chi connectivity index (χ0) is 18.8. The van der Waals surface area contributed by atoms with E-state index in [0.29, 0.717) is 4.96 Å². The summed E-state index contributed by atoms with van der Waals surface area (Å²) >= 11 is 2.98. The molecule has 0 bridgehead atoms. The summed E-state index contributed by atoms with van der Waals surface area (Å²) in [6.45, 7) is 3.67. The number of anilines is 1. The van der Waals surface area contributed by atoms with Crippen LogP contribution in [0.5, 0.6) is 0 Å². The van der Waals surface area contributed by atoms with E-state index in [2.05, 4.69) is 27.2 Å². The van der Waals surface area contributed by atoms with Crippen molar-refractivity contribution in [3.8, 4) is 0 Å². The predicted octanol–water partition coefficient (Wildman–Crippen LogP) is 2.56. The monoisotopic (exact) mass is 403 g/mol. The van der Waals surface area contributed by atoms with Crippen molar-refractivity contribution in [2.75, 3.05) is 18.0 Å². The molecule has 0 atom stereocenters. The van der Waals surface area contributed by atoms with Crippen LogP contribution in [0.3, 0.4) is 0 Å². The number of thiophene rings is 1. The number of rotatable bonds is 5. The van der Waals surface area contributed by atoms with Crippen LogP contribution in [0.1, 0.15) is 42.2 Å². The van der Waals surface area contributed by atoms with E-state index in [1.807, 2.05) is 16.8 Å². The molecule has 0 saturated carbocycles. The summed E-state index contributed by atoms with van der Waals surface area (Å²) < 4.78 is 1.39. The number of nitrogens with one attached hydrogen (secondary N) is 1. The first kappa shape index (κ1) is 18.1. The first-order chi connectivity index (χ1) is 13.1. The van der Waals surface area contributed by atoms with Crippen LogP contribution in [0.4, 0.5) is 5.13 Å². The smallest absolute Gasteiger partial charge is 0.275 e. The number of carbonyl (C=O) groups excluding carboxylic acids is 1. The lowest BCUT2D eigenvalue weighted by Gasteiger charge is -2.31. The zero-order valence-corrected chi connectivity index (χ0v) is 16.7. The van der Waals surface area contributed by atoms with Gasteiger partial charge in [0.2, 0.25) is 10.1 Å². The molecule has 3 aromatic rings. The lowest BCUT2D eigenvalue weighted by atomic mass is 10.1. The van der Waals surface area contributed by atoms with Crippen molar-refractivity contribution in [3.05, 3.63) is 44.5 Å². The van der Waals surface area contributed by atoms with Gasteiger partial charge in [-0.1, -0.05) is 24.7 Å². The fraction of sp³-hybridized carbons (Fsp3) is 0.444. The number of hydrogen-bond donors (Lipinski definition) is 1. The Bertz CT molecular complexity index is 987. The molecule has 3 aromatic heterocycles. The molecule has 142 valence electrons. The minimum Gasteiger partial charge on any atom is -0.349 e. The molecule has 0 spiro atoms. The summed E-state index contributed by atoms with van der Waals surface area (Å²) in [6, 6.07) is 3.58. The molecule has 27 heavy (non-hydrogen) atoms. The van der Waals surface area contributed by atoms with Crippen LogP contribution in [0.25, 0.3) is 4.96 Å². The third-order valence-corrected chi connectivity index (χ3v) is 6.33. The van der Waals surface area contributed by atoms with Crippen molar-refractivity contribution in [2.45, 2.75) is 38.6 Å². The molecule has 1 aliphatic heterocycles. The average molecular weight is 404 g/mol. The maximum atomic E-state index is 12.3. The fourth-order valence-corrected chi connectivity index (χ4v) is 4.85. The Morgan fingerprint density at radius 3 is 2.89 bits per heavy atom. The Hall–Kier alpha value is -2.26. The van der Waals surface area contributed by atoms with Gasteiger partial charge in [0.05, 0.1) is 0 Å². The lowest BCUT2D eigenvalue weighted by Crippen LogP contribution is -2.44. The van der Waals surface area contributed by atoms with Crippen molar-refractivity contribution in [1.82, 2.24) is 19.9 Å². The van der Waals surface area contributed by atoms with Crippen molar-refractivity contribution >= 4 is 38.7 Å². The molecule has 1 aliphatic rings. The van der Waals surface area contributed by atoms with Crippen LogP contribution in [0, 0.1) is 0 Å². The van der Waals surface area contributed by atoms with Gasteiger partial charge in [-0.25, -0.2) is 4.98 Å². The minimum atomic E-state index is -0.121. The second-order valence-corrected chi connectivity index (χ2v) is 8.38. The van der Waals surface area contributed by atoms with Gasteiger partial charge in [-0.2, -0.15) is 15.9 Å². The summed E-state index contributed by atoms with van der Waals surface area (Å²) in [5.41, 5.74) is 1.43. The van der Waals surface area contributed by atoms with Gasteiger partial charge in [0.15, 0.2) is 0 Å². The van der Waals surface area contributed by atoms with Gasteiger partial charge in [-0.05, 0) is 30.7 Å². The molecule has 1 saturated heterocycles. The van der Waals surface area contributed by atoms with E-state index >= 15 is 0 Å². The van der Waals surface area contributed by atoms with E-state index in [4.69, 9.17) is 0 Å². The highest BCUT2D eigenvalue weighted by atomic mass is 32.1. The predicted molar refractivity (Wildman–Crippen MR) is 108 cm³/mol. The highest BCUT2D eigenvalue weighted by molar-refractivity contribution is 7.20. The molecule has 4 heterocycles. The molecule has 9 heteroatoms. The summed E-state index contributed by atoms with van der Waals surface area (Å²) in [4.78, 5) is 31.8. The van der Waals surface area contributed by atoms with E-state index in [1.54, 1.807) is 6.07 Å². The van der Waals surface area contributed by atoms with Crippen LogP contribution >= 0.6 is 22.7 Å². The number of fused-ring (bicyclic) bond motifs is 1. The molecule has 7 nitrogen and oxygen atoms in total. The van der Waals surface area contributed by atoms with Crippen molar-refractivity contribution in [2.24, 2.45) is 0 Å². The van der Waals surface area contributed by atoms with E-state index in [-0.39, 0.29) is 17.5 Å². The van der Waals surface area contributed by atoms with Gasteiger partial charge in [0, 0.05) is 41.8 Å². The standard InChI is InChI=1S/C18H21N5O2S2/c1-2-3-14-10-15(24)23-17(20-14)27-18(21-23)22-7-4-13(5-8-22)19-16(25)12-6-9-26-11-12/h6,9-11,13H,2-5,7-8H2,1H3,(H,19,25). The molecule has 1 N–H and O–H groups in total. The number of aryl methyl sites for hydroxylation is 1. The zero-order valence-electron chi connectivity index (χ0n) is 15.1. The molecule has 0 aromatic carbocycles. The summed E-state index contributed by atoms with van der Waals surface area (Å²) in [5, 5.41) is 12.2. The number of piperidine rings is 1. The third kappa shape index (κ3) is 3.89. The Morgan fingerprint density at radius 2 is 2.19 bits per heavy atom.